The highest BCUT2D eigenvalue weighted by molar-refractivity contribution is 7.89. The summed E-state index contributed by atoms with van der Waals surface area (Å²) in [5, 5.41) is 7.15. The van der Waals surface area contributed by atoms with Crippen molar-refractivity contribution in [2.24, 2.45) is 5.92 Å². The predicted molar refractivity (Wildman–Crippen MR) is 77.9 cm³/mol. The molecule has 0 bridgehead atoms. The average Bonchev–Trinajstić information content (AvgIpc) is 2.89. The van der Waals surface area contributed by atoms with Crippen LogP contribution >= 0.6 is 0 Å². The molecule has 6 nitrogen and oxygen atoms in total. The SMILES string of the molecule is CNCCn1cc(S(=O)(=O)N2CCCC(C)C2C)cn1. The Morgan fingerprint density at radius 3 is 2.90 bits per heavy atom. The summed E-state index contributed by atoms with van der Waals surface area (Å²) in [6.07, 6.45) is 5.10. The third kappa shape index (κ3) is 3.05. The van der Waals surface area contributed by atoms with E-state index in [-0.39, 0.29) is 6.04 Å². The largest absolute Gasteiger partial charge is 0.318 e. The molecule has 20 heavy (non-hydrogen) atoms. The van der Waals surface area contributed by atoms with E-state index in [2.05, 4.69) is 17.3 Å². The van der Waals surface area contributed by atoms with Crippen molar-refractivity contribution in [1.29, 1.82) is 0 Å². The van der Waals surface area contributed by atoms with Crippen LogP contribution in [0, 0.1) is 5.92 Å². The average molecular weight is 300 g/mol. The van der Waals surface area contributed by atoms with Gasteiger partial charge in [0, 0.05) is 25.3 Å². The van der Waals surface area contributed by atoms with Crippen molar-refractivity contribution in [3.8, 4) is 0 Å². The molecule has 1 aliphatic heterocycles. The normalized spacial score (nSPS) is 24.9. The molecule has 2 heterocycles. The lowest BCUT2D eigenvalue weighted by Gasteiger charge is -2.36. The van der Waals surface area contributed by atoms with Gasteiger partial charge in [0.05, 0.1) is 12.7 Å². The Hall–Kier alpha value is -0.920. The van der Waals surface area contributed by atoms with Gasteiger partial charge in [-0.3, -0.25) is 4.68 Å². The van der Waals surface area contributed by atoms with E-state index in [9.17, 15) is 8.42 Å². The molecule has 2 unspecified atom stereocenters. The molecule has 1 aromatic heterocycles. The van der Waals surface area contributed by atoms with Crippen LogP contribution in [0.25, 0.3) is 0 Å². The van der Waals surface area contributed by atoms with Crippen LogP contribution < -0.4 is 5.32 Å². The fraction of sp³-hybridized carbons (Fsp3) is 0.769. The molecule has 1 aliphatic rings. The topological polar surface area (TPSA) is 67.2 Å². The smallest absolute Gasteiger partial charge is 0.246 e. The minimum atomic E-state index is -3.42. The van der Waals surface area contributed by atoms with Crippen LogP contribution in [0.2, 0.25) is 0 Å². The predicted octanol–water partition coefficient (Wildman–Crippen LogP) is 0.912. The van der Waals surface area contributed by atoms with E-state index in [1.807, 2.05) is 14.0 Å². The summed E-state index contributed by atoms with van der Waals surface area (Å²) in [5.74, 6) is 0.401. The molecule has 1 N–H and O–H groups in total. The zero-order valence-electron chi connectivity index (χ0n) is 12.4. The van der Waals surface area contributed by atoms with Crippen molar-refractivity contribution in [3.05, 3.63) is 12.4 Å². The van der Waals surface area contributed by atoms with Crippen LogP contribution in [0.1, 0.15) is 26.7 Å². The Balaban J connectivity index is 2.19. The van der Waals surface area contributed by atoms with Gasteiger partial charge in [0.2, 0.25) is 10.0 Å². The molecule has 0 aromatic carbocycles. The first-order valence-electron chi connectivity index (χ1n) is 7.15. The van der Waals surface area contributed by atoms with Crippen LogP contribution in [0.5, 0.6) is 0 Å². The zero-order chi connectivity index (χ0) is 14.8. The van der Waals surface area contributed by atoms with E-state index in [4.69, 9.17) is 0 Å². The molecule has 1 aromatic rings. The summed E-state index contributed by atoms with van der Waals surface area (Å²) >= 11 is 0. The van der Waals surface area contributed by atoms with E-state index in [1.54, 1.807) is 15.2 Å². The van der Waals surface area contributed by atoms with Gasteiger partial charge in [0.1, 0.15) is 4.90 Å². The maximum atomic E-state index is 12.7. The minimum Gasteiger partial charge on any atom is -0.318 e. The fourth-order valence-corrected chi connectivity index (χ4v) is 4.32. The summed E-state index contributed by atoms with van der Waals surface area (Å²) < 4.78 is 28.7. The molecule has 2 rings (SSSR count). The van der Waals surface area contributed by atoms with E-state index < -0.39 is 10.0 Å². The lowest BCUT2D eigenvalue weighted by Crippen LogP contribution is -2.45. The van der Waals surface area contributed by atoms with Gasteiger partial charge in [0.25, 0.3) is 0 Å². The Morgan fingerprint density at radius 1 is 1.45 bits per heavy atom. The maximum absolute atomic E-state index is 12.7. The minimum absolute atomic E-state index is 0.0504. The standard InChI is InChI=1S/C13H24N4O2S/c1-11-5-4-7-17(12(11)2)20(18,19)13-9-15-16(10-13)8-6-14-3/h9-12,14H,4-8H2,1-3H3. The van der Waals surface area contributed by atoms with Crippen LogP contribution in [0.3, 0.4) is 0 Å². The third-order valence-corrected chi connectivity index (χ3v) is 6.06. The number of likely N-dealkylation sites (N-methyl/N-ethyl adjacent to an activating group) is 1. The van der Waals surface area contributed by atoms with Gasteiger partial charge in [-0.2, -0.15) is 9.40 Å². The number of hydrogen-bond donors (Lipinski definition) is 1. The second-order valence-corrected chi connectivity index (χ2v) is 7.41. The second-order valence-electron chi connectivity index (χ2n) is 5.52. The quantitative estimate of drug-likeness (QED) is 0.878. The highest BCUT2D eigenvalue weighted by atomic mass is 32.2. The lowest BCUT2D eigenvalue weighted by molar-refractivity contribution is 0.202. The third-order valence-electron chi connectivity index (χ3n) is 4.12. The van der Waals surface area contributed by atoms with Gasteiger partial charge in [-0.05, 0) is 32.7 Å². The molecule has 1 saturated heterocycles. The fourth-order valence-electron chi connectivity index (χ4n) is 2.60. The number of sulfonamides is 1. The first-order valence-corrected chi connectivity index (χ1v) is 8.59. The second kappa shape index (κ2) is 6.24. The summed E-state index contributed by atoms with van der Waals surface area (Å²) in [6, 6.07) is 0.0504. The Bertz CT molecular complexity index is 540. The van der Waals surface area contributed by atoms with Gasteiger partial charge in [-0.15, -0.1) is 0 Å². The Morgan fingerprint density at radius 2 is 2.20 bits per heavy atom. The number of nitrogens with zero attached hydrogens (tertiary/aromatic N) is 3. The van der Waals surface area contributed by atoms with Crippen molar-refractivity contribution >= 4 is 10.0 Å². The van der Waals surface area contributed by atoms with Gasteiger partial charge < -0.3 is 5.32 Å². The van der Waals surface area contributed by atoms with Crippen molar-refractivity contribution in [3.63, 3.8) is 0 Å². The summed E-state index contributed by atoms with van der Waals surface area (Å²) in [4.78, 5) is 0.301. The van der Waals surface area contributed by atoms with Crippen LogP contribution in [0.15, 0.2) is 17.3 Å². The molecule has 1 fully saturated rings. The lowest BCUT2D eigenvalue weighted by atomic mass is 9.94. The number of piperidine rings is 1. The van der Waals surface area contributed by atoms with Gasteiger partial charge in [-0.1, -0.05) is 6.92 Å². The molecule has 0 amide bonds. The van der Waals surface area contributed by atoms with Crippen LogP contribution in [0.4, 0.5) is 0 Å². The summed E-state index contributed by atoms with van der Waals surface area (Å²) in [6.45, 7) is 6.14. The highest BCUT2D eigenvalue weighted by Crippen LogP contribution is 2.28. The van der Waals surface area contributed by atoms with E-state index in [0.717, 1.165) is 19.4 Å². The van der Waals surface area contributed by atoms with Crippen molar-refractivity contribution in [1.82, 2.24) is 19.4 Å². The van der Waals surface area contributed by atoms with Crippen molar-refractivity contribution < 1.29 is 8.42 Å². The molecule has 0 saturated carbocycles. The maximum Gasteiger partial charge on any atom is 0.246 e. The number of nitrogens with one attached hydrogen (secondary N) is 1. The zero-order valence-corrected chi connectivity index (χ0v) is 13.2. The molecular formula is C13H24N4O2S. The Labute approximate surface area is 121 Å². The van der Waals surface area contributed by atoms with E-state index in [1.165, 1.54) is 6.20 Å². The van der Waals surface area contributed by atoms with Crippen molar-refractivity contribution in [2.75, 3.05) is 20.1 Å². The molecule has 2 atom stereocenters. The Kier molecular flexibility index (Phi) is 4.82. The summed E-state index contributed by atoms with van der Waals surface area (Å²) in [7, 11) is -1.56. The van der Waals surface area contributed by atoms with Crippen LogP contribution in [-0.4, -0.2) is 48.7 Å². The van der Waals surface area contributed by atoms with Crippen LogP contribution in [-0.2, 0) is 16.6 Å². The molecule has 0 spiro atoms. The van der Waals surface area contributed by atoms with Gasteiger partial charge >= 0.3 is 0 Å². The molecule has 0 radical (unpaired) electrons. The molecular weight excluding hydrogens is 276 g/mol. The number of rotatable bonds is 5. The van der Waals surface area contributed by atoms with Crippen molar-refractivity contribution in [2.45, 2.75) is 44.2 Å². The molecule has 114 valence electrons. The monoisotopic (exact) mass is 300 g/mol. The first kappa shape index (κ1) is 15.5. The highest BCUT2D eigenvalue weighted by Gasteiger charge is 2.35. The van der Waals surface area contributed by atoms with E-state index in [0.29, 0.717) is 23.9 Å². The van der Waals surface area contributed by atoms with Gasteiger partial charge in [-0.25, -0.2) is 8.42 Å². The first-order chi connectivity index (χ1) is 9.46. The number of hydrogen-bond acceptors (Lipinski definition) is 4. The van der Waals surface area contributed by atoms with Gasteiger partial charge in [0.15, 0.2) is 0 Å². The number of aromatic nitrogens is 2. The van der Waals surface area contributed by atoms with E-state index >= 15 is 0 Å². The molecule has 0 aliphatic carbocycles. The molecule has 7 heteroatoms. The summed E-state index contributed by atoms with van der Waals surface area (Å²) in [5.41, 5.74) is 0.